The van der Waals surface area contributed by atoms with Crippen molar-refractivity contribution in [3.63, 3.8) is 0 Å². The van der Waals surface area contributed by atoms with Crippen LogP contribution in [0.5, 0.6) is 0 Å². The molecular formula is C19H22FN5O2. The van der Waals surface area contributed by atoms with Crippen LogP contribution in [0.4, 0.5) is 4.39 Å². The van der Waals surface area contributed by atoms with E-state index >= 15 is 0 Å². The average molecular weight is 371 g/mol. The van der Waals surface area contributed by atoms with Crippen LogP contribution in [0.15, 0.2) is 36.9 Å². The second-order valence-electron chi connectivity index (χ2n) is 7.16. The Morgan fingerprint density at radius 3 is 3.07 bits per heavy atom. The van der Waals surface area contributed by atoms with Crippen molar-refractivity contribution in [3.8, 4) is 0 Å². The van der Waals surface area contributed by atoms with Crippen molar-refractivity contribution in [1.82, 2.24) is 24.8 Å². The molecule has 1 fully saturated rings. The summed E-state index contributed by atoms with van der Waals surface area (Å²) in [7, 11) is 0. The summed E-state index contributed by atoms with van der Waals surface area (Å²) in [4.78, 5) is 23.5. The van der Waals surface area contributed by atoms with Gasteiger partial charge in [-0.25, -0.2) is 14.4 Å². The highest BCUT2D eigenvalue weighted by Gasteiger charge is 2.33. The molecule has 2 heterocycles. The van der Waals surface area contributed by atoms with E-state index in [0.29, 0.717) is 35.6 Å². The lowest BCUT2D eigenvalue weighted by Gasteiger charge is -2.16. The molecule has 4 rings (SSSR count). The third kappa shape index (κ3) is 4.00. The molecule has 3 aromatic rings. The fourth-order valence-corrected chi connectivity index (χ4v) is 3.79. The molecule has 2 aromatic heterocycles. The van der Waals surface area contributed by atoms with Crippen LogP contribution in [-0.4, -0.2) is 42.7 Å². The summed E-state index contributed by atoms with van der Waals surface area (Å²) in [5, 5.41) is 13.2. The van der Waals surface area contributed by atoms with Crippen molar-refractivity contribution < 1.29 is 14.3 Å². The largest absolute Gasteiger partial charge is 0.391 e. The number of nitrogens with one attached hydrogen (secondary N) is 2. The highest BCUT2D eigenvalue weighted by molar-refractivity contribution is 5.77. The number of nitrogens with zero attached hydrogens (tertiary/aromatic N) is 3. The van der Waals surface area contributed by atoms with Gasteiger partial charge in [0.05, 0.1) is 24.0 Å². The number of halogens is 1. The minimum absolute atomic E-state index is 0.136. The van der Waals surface area contributed by atoms with E-state index in [1.54, 1.807) is 24.7 Å². The standard InChI is InChI=1S/C19H22FN5O2/c20-13-2-1-3-14-19(13)24-17(22-14)4-5-18(27)23-15-8-12(9-16(15)26)10-25-7-6-21-11-25/h1-3,6-7,11-12,15-16,26H,4-5,8-10H2,(H,22,24)(H,23,27)/t12?,15-,16-/m1/s1. The number of aromatic amines is 1. The quantitative estimate of drug-likeness (QED) is 0.616. The van der Waals surface area contributed by atoms with Crippen LogP contribution in [0, 0.1) is 11.7 Å². The number of carbonyl (C=O) groups excluding carboxylic acids is 1. The van der Waals surface area contributed by atoms with Crippen molar-refractivity contribution >= 4 is 16.9 Å². The first kappa shape index (κ1) is 17.7. The normalized spacial score (nSPS) is 22.4. The van der Waals surface area contributed by atoms with Gasteiger partial charge in [-0.2, -0.15) is 0 Å². The van der Waals surface area contributed by atoms with E-state index in [-0.39, 0.29) is 24.2 Å². The molecule has 3 N–H and O–H groups in total. The second-order valence-corrected chi connectivity index (χ2v) is 7.16. The van der Waals surface area contributed by atoms with Gasteiger partial charge in [0.1, 0.15) is 11.3 Å². The van der Waals surface area contributed by atoms with Crippen molar-refractivity contribution in [1.29, 1.82) is 0 Å². The number of imidazole rings is 2. The third-order valence-electron chi connectivity index (χ3n) is 5.10. The Labute approximate surface area is 155 Å². The summed E-state index contributed by atoms with van der Waals surface area (Å²) >= 11 is 0. The van der Waals surface area contributed by atoms with E-state index < -0.39 is 6.10 Å². The number of rotatable bonds is 6. The number of hydrogen-bond acceptors (Lipinski definition) is 4. The SMILES string of the molecule is O=C(CCc1nc2c(F)cccc2[nH]1)N[C@@H]1CC(Cn2ccnc2)C[C@H]1O. The van der Waals surface area contributed by atoms with Crippen LogP contribution in [0.3, 0.4) is 0 Å². The van der Waals surface area contributed by atoms with Gasteiger partial charge in [-0.15, -0.1) is 0 Å². The average Bonchev–Trinajstić information content (AvgIpc) is 3.35. The first-order valence-corrected chi connectivity index (χ1v) is 9.15. The Morgan fingerprint density at radius 1 is 1.41 bits per heavy atom. The van der Waals surface area contributed by atoms with E-state index in [9.17, 15) is 14.3 Å². The predicted molar refractivity (Wildman–Crippen MR) is 97.3 cm³/mol. The number of carbonyl (C=O) groups is 1. The van der Waals surface area contributed by atoms with Gasteiger partial charge < -0.3 is 20.0 Å². The molecule has 1 aromatic carbocycles. The molecule has 1 aliphatic carbocycles. The lowest BCUT2D eigenvalue weighted by atomic mass is 10.1. The summed E-state index contributed by atoms with van der Waals surface area (Å²) in [6.45, 7) is 0.786. The molecule has 27 heavy (non-hydrogen) atoms. The minimum atomic E-state index is -0.539. The Hall–Kier alpha value is -2.74. The van der Waals surface area contributed by atoms with Gasteiger partial charge in [-0.05, 0) is 30.9 Å². The molecular weight excluding hydrogens is 349 g/mol. The zero-order valence-corrected chi connectivity index (χ0v) is 14.8. The molecule has 0 bridgehead atoms. The molecule has 1 aliphatic rings. The van der Waals surface area contributed by atoms with Crippen LogP contribution < -0.4 is 5.32 Å². The highest BCUT2D eigenvalue weighted by atomic mass is 19.1. The zero-order valence-electron chi connectivity index (χ0n) is 14.8. The molecule has 8 heteroatoms. The van der Waals surface area contributed by atoms with Gasteiger partial charge in [0, 0.05) is 31.8 Å². The predicted octanol–water partition coefficient (Wildman–Crippen LogP) is 1.79. The Morgan fingerprint density at radius 2 is 2.30 bits per heavy atom. The molecule has 1 saturated carbocycles. The molecule has 0 aliphatic heterocycles. The number of aryl methyl sites for hydroxylation is 1. The van der Waals surface area contributed by atoms with Crippen LogP contribution in [0.25, 0.3) is 11.0 Å². The number of para-hydroxylation sites is 1. The van der Waals surface area contributed by atoms with Crippen molar-refractivity contribution in [2.45, 2.75) is 44.4 Å². The van der Waals surface area contributed by atoms with E-state index in [1.165, 1.54) is 6.07 Å². The first-order valence-electron chi connectivity index (χ1n) is 9.15. The molecule has 0 spiro atoms. The Bertz CT molecular complexity index is 923. The number of fused-ring (bicyclic) bond motifs is 1. The lowest BCUT2D eigenvalue weighted by molar-refractivity contribution is -0.122. The van der Waals surface area contributed by atoms with E-state index in [2.05, 4.69) is 20.3 Å². The molecule has 0 radical (unpaired) electrons. The third-order valence-corrected chi connectivity index (χ3v) is 5.10. The summed E-state index contributed by atoms with van der Waals surface area (Å²) in [5.74, 6) is 0.369. The van der Waals surface area contributed by atoms with Gasteiger partial charge in [0.25, 0.3) is 0 Å². The number of aliphatic hydroxyl groups is 1. The minimum Gasteiger partial charge on any atom is -0.391 e. The summed E-state index contributed by atoms with van der Waals surface area (Å²) in [5.41, 5.74) is 0.917. The second kappa shape index (κ2) is 7.48. The highest BCUT2D eigenvalue weighted by Crippen LogP contribution is 2.27. The molecule has 1 unspecified atom stereocenters. The summed E-state index contributed by atoms with van der Waals surface area (Å²) < 4.78 is 15.7. The van der Waals surface area contributed by atoms with Crippen LogP contribution in [0.2, 0.25) is 0 Å². The molecule has 7 nitrogen and oxygen atoms in total. The number of hydrogen-bond donors (Lipinski definition) is 3. The van der Waals surface area contributed by atoms with Gasteiger partial charge in [0.15, 0.2) is 5.82 Å². The number of amides is 1. The van der Waals surface area contributed by atoms with Crippen LogP contribution in [0.1, 0.15) is 25.1 Å². The number of aliphatic hydroxyl groups excluding tert-OH is 1. The molecule has 3 atom stereocenters. The zero-order chi connectivity index (χ0) is 18.8. The number of aromatic nitrogens is 4. The smallest absolute Gasteiger partial charge is 0.220 e. The lowest BCUT2D eigenvalue weighted by Crippen LogP contribution is -2.40. The van der Waals surface area contributed by atoms with E-state index in [4.69, 9.17) is 0 Å². The Balaban J connectivity index is 1.29. The first-order chi connectivity index (χ1) is 13.1. The molecule has 142 valence electrons. The molecule has 0 saturated heterocycles. The van der Waals surface area contributed by atoms with Gasteiger partial charge >= 0.3 is 0 Å². The topological polar surface area (TPSA) is 95.8 Å². The Kier molecular flexibility index (Phi) is 4.89. The monoisotopic (exact) mass is 371 g/mol. The molecule has 1 amide bonds. The maximum absolute atomic E-state index is 13.7. The summed E-state index contributed by atoms with van der Waals surface area (Å²) in [6, 6.07) is 4.50. The van der Waals surface area contributed by atoms with Crippen molar-refractivity contribution in [2.24, 2.45) is 5.92 Å². The number of benzene rings is 1. The van der Waals surface area contributed by atoms with Gasteiger partial charge in [-0.1, -0.05) is 6.07 Å². The number of H-pyrrole nitrogens is 1. The maximum Gasteiger partial charge on any atom is 0.220 e. The van der Waals surface area contributed by atoms with E-state index in [1.807, 2.05) is 10.8 Å². The van der Waals surface area contributed by atoms with Crippen molar-refractivity contribution in [3.05, 3.63) is 48.6 Å². The van der Waals surface area contributed by atoms with Gasteiger partial charge in [-0.3, -0.25) is 4.79 Å². The summed E-state index contributed by atoms with van der Waals surface area (Å²) in [6.07, 6.45) is 6.87. The van der Waals surface area contributed by atoms with E-state index in [0.717, 1.165) is 13.0 Å². The van der Waals surface area contributed by atoms with Gasteiger partial charge in [0.2, 0.25) is 5.91 Å². The van der Waals surface area contributed by atoms with Crippen LogP contribution >= 0.6 is 0 Å². The van der Waals surface area contributed by atoms with Crippen LogP contribution in [-0.2, 0) is 17.8 Å². The van der Waals surface area contributed by atoms with Crippen molar-refractivity contribution in [2.75, 3.05) is 0 Å². The fourth-order valence-electron chi connectivity index (χ4n) is 3.79. The fraction of sp³-hybridized carbons (Fsp3) is 0.421. The maximum atomic E-state index is 13.7.